The number of carbonyl (C=O) groups is 1. The summed E-state index contributed by atoms with van der Waals surface area (Å²) in [5.41, 5.74) is 1.23. The number of amides is 1. The lowest BCUT2D eigenvalue weighted by atomic mass is 10.2. The van der Waals surface area contributed by atoms with Gasteiger partial charge in [0, 0.05) is 27.9 Å². The number of nitrogens with zero attached hydrogens (tertiary/aromatic N) is 2. The molecule has 0 atom stereocenters. The van der Waals surface area contributed by atoms with E-state index in [0.29, 0.717) is 39.6 Å². The van der Waals surface area contributed by atoms with Crippen molar-refractivity contribution in [3.8, 4) is 0 Å². The van der Waals surface area contributed by atoms with Crippen molar-refractivity contribution in [2.75, 3.05) is 13.1 Å². The summed E-state index contributed by atoms with van der Waals surface area (Å²) in [6.07, 6.45) is 0. The molecule has 0 radical (unpaired) electrons. The third-order valence-electron chi connectivity index (χ3n) is 3.49. The normalized spacial score (nSPS) is 14.0. The van der Waals surface area contributed by atoms with Gasteiger partial charge < -0.3 is 0 Å². The average Bonchev–Trinajstić information content (AvgIpc) is 3.02. The predicted molar refractivity (Wildman–Crippen MR) is 97.5 cm³/mol. The Kier molecular flexibility index (Phi) is 5.43. The monoisotopic (exact) mass is 382 g/mol. The van der Waals surface area contributed by atoms with Crippen LogP contribution >= 0.6 is 35.0 Å². The molecule has 0 bridgehead atoms. The number of carbonyl (C=O) groups excluding carboxylic acids is 1. The van der Waals surface area contributed by atoms with Crippen molar-refractivity contribution in [1.29, 1.82) is 0 Å². The van der Waals surface area contributed by atoms with E-state index in [2.05, 4.69) is 4.99 Å². The van der Waals surface area contributed by atoms with Crippen molar-refractivity contribution in [3.63, 3.8) is 0 Å². The molecule has 3 rings (SSSR count). The van der Waals surface area contributed by atoms with E-state index < -0.39 is 5.82 Å². The summed E-state index contributed by atoms with van der Waals surface area (Å²) < 4.78 is 13.3. The summed E-state index contributed by atoms with van der Waals surface area (Å²) >= 11 is 13.5. The van der Waals surface area contributed by atoms with E-state index in [0.717, 1.165) is 5.56 Å². The quantitative estimate of drug-likeness (QED) is 0.757. The highest BCUT2D eigenvalue weighted by Gasteiger charge is 2.25. The fourth-order valence-electron chi connectivity index (χ4n) is 2.30. The molecule has 0 aromatic heterocycles. The Morgan fingerprint density at radius 3 is 2.83 bits per heavy atom. The van der Waals surface area contributed by atoms with Crippen molar-refractivity contribution in [1.82, 2.24) is 4.90 Å². The summed E-state index contributed by atoms with van der Waals surface area (Å²) in [6, 6.07) is 11.0. The molecule has 1 aliphatic rings. The van der Waals surface area contributed by atoms with Gasteiger partial charge in [-0.1, -0.05) is 47.1 Å². The Morgan fingerprint density at radius 2 is 2.08 bits per heavy atom. The molecule has 1 amide bonds. The van der Waals surface area contributed by atoms with Crippen molar-refractivity contribution in [3.05, 3.63) is 69.5 Å². The minimum absolute atomic E-state index is 0.250. The molecule has 124 valence electrons. The Bertz CT molecular complexity index is 813. The topological polar surface area (TPSA) is 32.7 Å². The first-order valence-corrected chi connectivity index (χ1v) is 8.97. The fraction of sp³-hybridized carbons (Fsp3) is 0.176. The second kappa shape index (κ2) is 7.55. The van der Waals surface area contributed by atoms with Crippen LogP contribution in [0.1, 0.15) is 15.9 Å². The van der Waals surface area contributed by atoms with Gasteiger partial charge in [0.15, 0.2) is 5.17 Å². The number of hydrogen-bond acceptors (Lipinski definition) is 3. The van der Waals surface area contributed by atoms with E-state index in [-0.39, 0.29) is 5.91 Å². The minimum Gasteiger partial charge on any atom is -0.286 e. The summed E-state index contributed by atoms with van der Waals surface area (Å²) in [5.74, 6) is -0.110. The highest BCUT2D eigenvalue weighted by atomic mass is 35.5. The Morgan fingerprint density at radius 1 is 1.25 bits per heavy atom. The Labute approximate surface area is 153 Å². The van der Waals surface area contributed by atoms with Gasteiger partial charge in [0.1, 0.15) is 5.82 Å². The minimum atomic E-state index is -0.431. The molecule has 0 spiro atoms. The molecule has 0 N–H and O–H groups in total. The van der Waals surface area contributed by atoms with Crippen LogP contribution < -0.4 is 0 Å². The highest BCUT2D eigenvalue weighted by molar-refractivity contribution is 8.13. The summed E-state index contributed by atoms with van der Waals surface area (Å²) in [4.78, 5) is 18.5. The van der Waals surface area contributed by atoms with Crippen LogP contribution in [0.4, 0.5) is 4.39 Å². The molecular formula is C17H13Cl2FN2OS. The zero-order valence-electron chi connectivity index (χ0n) is 12.5. The van der Waals surface area contributed by atoms with Crippen LogP contribution in [0.15, 0.2) is 47.5 Å². The molecule has 0 saturated heterocycles. The van der Waals surface area contributed by atoms with Crippen LogP contribution in [0.2, 0.25) is 10.0 Å². The molecule has 0 fully saturated rings. The third kappa shape index (κ3) is 3.91. The number of aliphatic imine (C=N–C) groups is 1. The molecule has 0 unspecified atom stereocenters. The molecule has 7 heteroatoms. The van der Waals surface area contributed by atoms with Crippen LogP contribution in [-0.4, -0.2) is 29.1 Å². The average molecular weight is 383 g/mol. The summed E-state index contributed by atoms with van der Waals surface area (Å²) in [5, 5.41) is 1.78. The molecule has 2 aromatic carbocycles. The van der Waals surface area contributed by atoms with Gasteiger partial charge in [-0.05, 0) is 35.9 Å². The van der Waals surface area contributed by atoms with Crippen LogP contribution in [0, 0.1) is 5.82 Å². The molecular weight excluding hydrogens is 370 g/mol. The highest BCUT2D eigenvalue weighted by Crippen LogP contribution is 2.27. The van der Waals surface area contributed by atoms with Crippen molar-refractivity contribution < 1.29 is 9.18 Å². The maximum absolute atomic E-state index is 13.3. The van der Waals surface area contributed by atoms with Gasteiger partial charge in [-0.25, -0.2) is 4.39 Å². The standard InChI is InChI=1S/C17H13Cl2FN2OS/c18-13-5-4-12(15(19)9-13)10-24-17-21-6-7-22(17)16(23)11-2-1-3-14(20)8-11/h1-5,8-9H,6-7,10H2. The molecule has 1 heterocycles. The van der Waals surface area contributed by atoms with Crippen LogP contribution in [-0.2, 0) is 5.75 Å². The van der Waals surface area contributed by atoms with E-state index in [9.17, 15) is 9.18 Å². The van der Waals surface area contributed by atoms with E-state index in [4.69, 9.17) is 23.2 Å². The van der Waals surface area contributed by atoms with Crippen molar-refractivity contribution in [2.24, 2.45) is 4.99 Å². The zero-order valence-corrected chi connectivity index (χ0v) is 14.8. The lowest BCUT2D eigenvalue weighted by Crippen LogP contribution is -2.32. The molecule has 24 heavy (non-hydrogen) atoms. The molecule has 3 nitrogen and oxygen atoms in total. The first kappa shape index (κ1) is 17.3. The van der Waals surface area contributed by atoms with E-state index in [1.807, 2.05) is 6.07 Å². The molecule has 2 aromatic rings. The van der Waals surface area contributed by atoms with E-state index >= 15 is 0 Å². The molecule has 1 aliphatic heterocycles. The summed E-state index contributed by atoms with van der Waals surface area (Å²) in [6.45, 7) is 1.03. The van der Waals surface area contributed by atoms with E-state index in [1.54, 1.807) is 23.1 Å². The largest absolute Gasteiger partial charge is 0.286 e. The van der Waals surface area contributed by atoms with Gasteiger partial charge in [0.25, 0.3) is 5.91 Å². The Balaban J connectivity index is 1.70. The second-order valence-corrected chi connectivity index (χ2v) is 6.94. The number of hydrogen-bond donors (Lipinski definition) is 0. The predicted octanol–water partition coefficient (Wildman–Crippen LogP) is 4.88. The third-order valence-corrected chi connectivity index (χ3v) is 5.14. The molecule has 0 saturated carbocycles. The number of halogens is 3. The van der Waals surface area contributed by atoms with Crippen LogP contribution in [0.25, 0.3) is 0 Å². The number of thioether (sulfide) groups is 1. The number of rotatable bonds is 3. The van der Waals surface area contributed by atoms with Gasteiger partial charge in [0.2, 0.25) is 0 Å². The number of amidine groups is 1. The van der Waals surface area contributed by atoms with Crippen molar-refractivity contribution >= 4 is 46.0 Å². The molecule has 0 aliphatic carbocycles. The SMILES string of the molecule is O=C(c1cccc(F)c1)N1CCN=C1SCc1ccc(Cl)cc1Cl. The maximum atomic E-state index is 13.3. The van der Waals surface area contributed by atoms with Gasteiger partial charge in [-0.15, -0.1) is 0 Å². The lowest BCUT2D eigenvalue weighted by molar-refractivity contribution is 0.0860. The van der Waals surface area contributed by atoms with Gasteiger partial charge in [-0.3, -0.25) is 14.7 Å². The second-order valence-electron chi connectivity index (χ2n) is 5.16. The van der Waals surface area contributed by atoms with Gasteiger partial charge in [0.05, 0.1) is 6.54 Å². The van der Waals surface area contributed by atoms with Crippen LogP contribution in [0.5, 0.6) is 0 Å². The van der Waals surface area contributed by atoms with Crippen LogP contribution in [0.3, 0.4) is 0 Å². The van der Waals surface area contributed by atoms with Gasteiger partial charge in [-0.2, -0.15) is 0 Å². The van der Waals surface area contributed by atoms with Gasteiger partial charge >= 0.3 is 0 Å². The first-order valence-electron chi connectivity index (χ1n) is 7.23. The lowest BCUT2D eigenvalue weighted by Gasteiger charge is -2.18. The summed E-state index contributed by atoms with van der Waals surface area (Å²) in [7, 11) is 0. The van der Waals surface area contributed by atoms with Crippen molar-refractivity contribution in [2.45, 2.75) is 5.75 Å². The van der Waals surface area contributed by atoms with E-state index in [1.165, 1.54) is 30.0 Å². The fourth-order valence-corrected chi connectivity index (χ4v) is 3.90. The maximum Gasteiger partial charge on any atom is 0.259 e. The smallest absolute Gasteiger partial charge is 0.259 e. The number of benzene rings is 2. The Hall–Kier alpha value is -1.56. The zero-order chi connectivity index (χ0) is 17.1. The first-order chi connectivity index (χ1) is 11.5.